The Hall–Kier alpha value is -2.08. The third-order valence-corrected chi connectivity index (χ3v) is 3.81. The van der Waals surface area contributed by atoms with Gasteiger partial charge in [-0.2, -0.15) is 0 Å². The molecule has 5 nitrogen and oxygen atoms in total. The first-order valence-corrected chi connectivity index (χ1v) is 8.60. The van der Waals surface area contributed by atoms with Crippen LogP contribution in [0.5, 0.6) is 5.75 Å². The number of hydrogen-bond donors (Lipinski definition) is 2. The molecule has 0 aromatic heterocycles. The van der Waals surface area contributed by atoms with Gasteiger partial charge < -0.3 is 14.6 Å². The summed E-state index contributed by atoms with van der Waals surface area (Å²) in [5, 5.41) is 9.39. The number of aliphatic hydroxyl groups excluding tert-OH is 1. The maximum atomic E-state index is 9.39. The maximum Gasteiger partial charge on any atom is 0.118 e. The van der Waals surface area contributed by atoms with E-state index in [1.54, 1.807) is 7.11 Å². The van der Waals surface area contributed by atoms with E-state index in [-0.39, 0.29) is 12.7 Å². The number of nitrogens with one attached hydrogen (secondary N) is 1. The van der Waals surface area contributed by atoms with Crippen LogP contribution in [0.15, 0.2) is 54.6 Å². The highest BCUT2D eigenvalue weighted by molar-refractivity contribution is 5.40. The highest BCUT2D eigenvalue weighted by Crippen LogP contribution is 2.13. The van der Waals surface area contributed by atoms with Crippen LogP contribution in [0.4, 0.5) is 5.69 Å². The molecule has 0 heterocycles. The Kier molecular flexibility index (Phi) is 8.83. The Morgan fingerprint density at radius 3 is 2.44 bits per heavy atom. The zero-order valence-corrected chi connectivity index (χ0v) is 14.7. The third-order valence-electron chi connectivity index (χ3n) is 3.81. The van der Waals surface area contributed by atoms with Crippen LogP contribution in [0.3, 0.4) is 0 Å². The molecule has 2 aromatic rings. The molecule has 0 aliphatic heterocycles. The second-order valence-corrected chi connectivity index (χ2v) is 5.79. The molecule has 0 aliphatic rings. The molecule has 25 heavy (non-hydrogen) atoms. The molecule has 0 saturated carbocycles. The number of methoxy groups -OCH3 is 1. The lowest BCUT2D eigenvalue weighted by Crippen LogP contribution is -2.21. The number of rotatable bonds is 12. The molecule has 0 bridgehead atoms. The summed E-state index contributed by atoms with van der Waals surface area (Å²) in [5.41, 5.74) is 4.88. The molecule has 2 rings (SSSR count). The van der Waals surface area contributed by atoms with E-state index in [1.165, 1.54) is 0 Å². The van der Waals surface area contributed by atoms with Crippen molar-refractivity contribution in [3.63, 3.8) is 0 Å². The van der Waals surface area contributed by atoms with Gasteiger partial charge in [0.1, 0.15) is 11.9 Å². The summed E-state index contributed by atoms with van der Waals surface area (Å²) in [7, 11) is 1.66. The van der Waals surface area contributed by atoms with E-state index in [0.29, 0.717) is 13.2 Å². The highest BCUT2D eigenvalue weighted by Gasteiger charge is 2.08. The predicted octanol–water partition coefficient (Wildman–Crippen LogP) is 3.79. The van der Waals surface area contributed by atoms with Gasteiger partial charge in [-0.15, -0.1) is 0 Å². The number of hydrogen-bond acceptors (Lipinski definition) is 5. The van der Waals surface area contributed by atoms with Crippen molar-refractivity contribution in [3.05, 3.63) is 60.2 Å². The molecule has 136 valence electrons. The van der Waals surface area contributed by atoms with Crippen molar-refractivity contribution < 1.29 is 19.4 Å². The lowest BCUT2D eigenvalue weighted by molar-refractivity contribution is 0.0370. The van der Waals surface area contributed by atoms with E-state index < -0.39 is 0 Å². The van der Waals surface area contributed by atoms with Crippen molar-refractivity contribution in [2.45, 2.75) is 32.0 Å². The van der Waals surface area contributed by atoms with Gasteiger partial charge in [0.25, 0.3) is 0 Å². The van der Waals surface area contributed by atoms with E-state index in [4.69, 9.17) is 14.3 Å². The SMILES string of the molecule is COc1ccc(COCCCC[C@H](CO)ONc2ccccc2)cc1. The van der Waals surface area contributed by atoms with Crippen molar-refractivity contribution in [2.75, 3.05) is 25.8 Å². The third kappa shape index (κ3) is 7.56. The van der Waals surface area contributed by atoms with Crippen LogP contribution in [-0.4, -0.2) is 31.5 Å². The summed E-state index contributed by atoms with van der Waals surface area (Å²) < 4.78 is 10.8. The van der Waals surface area contributed by atoms with Gasteiger partial charge in [-0.25, -0.2) is 0 Å². The van der Waals surface area contributed by atoms with E-state index in [0.717, 1.165) is 36.3 Å². The van der Waals surface area contributed by atoms with E-state index in [2.05, 4.69) is 5.48 Å². The average molecular weight is 345 g/mol. The molecule has 0 fully saturated rings. The van der Waals surface area contributed by atoms with Crippen LogP contribution < -0.4 is 10.2 Å². The molecule has 5 heteroatoms. The Balaban J connectivity index is 1.54. The number of benzene rings is 2. The van der Waals surface area contributed by atoms with Gasteiger partial charge in [-0.05, 0) is 49.1 Å². The fourth-order valence-electron chi connectivity index (χ4n) is 2.33. The number of para-hydroxylation sites is 1. The minimum Gasteiger partial charge on any atom is -0.497 e. The first-order chi connectivity index (χ1) is 12.3. The zero-order valence-electron chi connectivity index (χ0n) is 14.7. The smallest absolute Gasteiger partial charge is 0.118 e. The van der Waals surface area contributed by atoms with Crippen LogP contribution in [0.1, 0.15) is 24.8 Å². The molecule has 0 amide bonds. The highest BCUT2D eigenvalue weighted by atomic mass is 16.7. The van der Waals surface area contributed by atoms with E-state index in [1.807, 2.05) is 54.6 Å². The van der Waals surface area contributed by atoms with Crippen molar-refractivity contribution in [3.8, 4) is 5.75 Å². The molecule has 0 unspecified atom stereocenters. The fraction of sp³-hybridized carbons (Fsp3) is 0.400. The quantitative estimate of drug-likeness (QED) is 0.453. The van der Waals surface area contributed by atoms with Crippen LogP contribution >= 0.6 is 0 Å². The van der Waals surface area contributed by atoms with Gasteiger partial charge in [0.15, 0.2) is 0 Å². The first kappa shape index (κ1) is 19.2. The summed E-state index contributed by atoms with van der Waals surface area (Å²) in [6.07, 6.45) is 2.43. The summed E-state index contributed by atoms with van der Waals surface area (Å²) >= 11 is 0. The minimum atomic E-state index is -0.221. The van der Waals surface area contributed by atoms with Gasteiger partial charge in [0.2, 0.25) is 0 Å². The number of aliphatic hydroxyl groups is 1. The molecular formula is C20H27NO4. The van der Waals surface area contributed by atoms with Crippen molar-refractivity contribution in [2.24, 2.45) is 0 Å². The standard InChI is InChI=1S/C20H27NO4/c1-23-19-12-10-17(11-13-19)16-24-14-6-5-9-20(15-22)25-21-18-7-3-2-4-8-18/h2-4,7-8,10-13,20-22H,5-6,9,14-16H2,1H3/t20-/m1/s1. The predicted molar refractivity (Wildman–Crippen MR) is 98.5 cm³/mol. The Morgan fingerprint density at radius 1 is 1.00 bits per heavy atom. The van der Waals surface area contributed by atoms with Gasteiger partial charge in [0.05, 0.1) is 26.0 Å². The summed E-state index contributed by atoms with van der Waals surface area (Å²) in [6, 6.07) is 17.5. The lowest BCUT2D eigenvalue weighted by atomic mass is 10.1. The number of ether oxygens (including phenoxy) is 2. The zero-order chi connectivity index (χ0) is 17.7. The van der Waals surface area contributed by atoms with Crippen molar-refractivity contribution in [1.29, 1.82) is 0 Å². The summed E-state index contributed by atoms with van der Waals surface area (Å²) in [5.74, 6) is 0.850. The molecule has 0 saturated heterocycles. The molecular weight excluding hydrogens is 318 g/mol. The van der Waals surface area contributed by atoms with Gasteiger partial charge in [0, 0.05) is 6.61 Å². The second-order valence-electron chi connectivity index (χ2n) is 5.79. The van der Waals surface area contributed by atoms with Crippen LogP contribution in [-0.2, 0) is 16.2 Å². The molecule has 0 aliphatic carbocycles. The molecule has 1 atom stereocenters. The Morgan fingerprint density at radius 2 is 1.76 bits per heavy atom. The lowest BCUT2D eigenvalue weighted by Gasteiger charge is -2.16. The van der Waals surface area contributed by atoms with Crippen molar-refractivity contribution in [1.82, 2.24) is 0 Å². The summed E-state index contributed by atoms with van der Waals surface area (Å²) in [4.78, 5) is 5.52. The van der Waals surface area contributed by atoms with E-state index >= 15 is 0 Å². The second kappa shape index (κ2) is 11.5. The normalized spacial score (nSPS) is 11.9. The van der Waals surface area contributed by atoms with Gasteiger partial charge in [-0.1, -0.05) is 30.3 Å². The monoisotopic (exact) mass is 345 g/mol. The minimum absolute atomic E-state index is 0.00740. The number of unbranched alkanes of at least 4 members (excludes halogenated alkanes) is 1. The van der Waals surface area contributed by atoms with Crippen LogP contribution in [0.2, 0.25) is 0 Å². The molecule has 2 aromatic carbocycles. The number of anilines is 1. The van der Waals surface area contributed by atoms with Gasteiger partial charge >= 0.3 is 0 Å². The largest absolute Gasteiger partial charge is 0.497 e. The fourth-order valence-corrected chi connectivity index (χ4v) is 2.33. The topological polar surface area (TPSA) is 60.0 Å². The molecule has 2 N–H and O–H groups in total. The maximum absolute atomic E-state index is 9.39. The summed E-state index contributed by atoms with van der Waals surface area (Å²) in [6.45, 7) is 1.28. The molecule has 0 spiro atoms. The van der Waals surface area contributed by atoms with Crippen molar-refractivity contribution >= 4 is 5.69 Å². The average Bonchev–Trinajstić information content (AvgIpc) is 2.68. The Labute approximate surface area is 149 Å². The molecule has 0 radical (unpaired) electrons. The van der Waals surface area contributed by atoms with Crippen LogP contribution in [0, 0.1) is 0 Å². The van der Waals surface area contributed by atoms with Crippen LogP contribution in [0.25, 0.3) is 0 Å². The van der Waals surface area contributed by atoms with E-state index in [9.17, 15) is 5.11 Å². The first-order valence-electron chi connectivity index (χ1n) is 8.60. The van der Waals surface area contributed by atoms with Gasteiger partial charge in [-0.3, -0.25) is 10.3 Å². The Bertz CT molecular complexity index is 574.